The van der Waals surface area contributed by atoms with E-state index in [0.29, 0.717) is 29.7 Å². The molecule has 0 bridgehead atoms. The molecule has 27 heavy (non-hydrogen) atoms. The van der Waals surface area contributed by atoms with Crippen LogP contribution in [0.4, 0.5) is 0 Å². The van der Waals surface area contributed by atoms with Crippen LogP contribution in [0.2, 0.25) is 5.02 Å². The molecule has 6 heteroatoms. The Labute approximate surface area is 164 Å². The van der Waals surface area contributed by atoms with Gasteiger partial charge in [0.15, 0.2) is 11.5 Å². The Morgan fingerprint density at radius 3 is 2.93 bits per heavy atom. The van der Waals surface area contributed by atoms with Crippen molar-refractivity contribution >= 4 is 22.6 Å². The van der Waals surface area contributed by atoms with Gasteiger partial charge in [-0.15, -0.1) is 0 Å². The van der Waals surface area contributed by atoms with E-state index in [1.54, 1.807) is 13.2 Å². The Bertz CT molecular complexity index is 875. The van der Waals surface area contributed by atoms with Crippen molar-refractivity contribution in [2.45, 2.75) is 19.4 Å². The number of fused-ring (bicyclic) bond motifs is 1. The van der Waals surface area contributed by atoms with Crippen LogP contribution in [-0.2, 0) is 13.0 Å². The summed E-state index contributed by atoms with van der Waals surface area (Å²) in [6.07, 6.45) is 3.57. The maximum atomic E-state index is 6.33. The molecule has 0 aliphatic carbocycles. The number of aromatic amines is 1. The molecular formula is C21H24ClN3O2. The molecule has 0 spiro atoms. The minimum Gasteiger partial charge on any atom is -0.493 e. The fourth-order valence-corrected chi connectivity index (χ4v) is 3.18. The number of ether oxygens (including phenoxy) is 2. The van der Waals surface area contributed by atoms with E-state index in [0.717, 1.165) is 41.8 Å². The molecule has 0 unspecified atom stereocenters. The van der Waals surface area contributed by atoms with E-state index in [2.05, 4.69) is 21.9 Å². The Morgan fingerprint density at radius 2 is 2.15 bits per heavy atom. The van der Waals surface area contributed by atoms with Crippen molar-refractivity contribution in [1.82, 2.24) is 15.3 Å². The first kappa shape index (κ1) is 19.3. The molecule has 1 heterocycles. The minimum atomic E-state index is 0.384. The molecule has 0 radical (unpaired) electrons. The number of nitrogens with zero attached hydrogens (tertiary/aromatic N) is 1. The smallest absolute Gasteiger partial charge is 0.180 e. The number of hydrogen-bond acceptors (Lipinski definition) is 4. The summed E-state index contributed by atoms with van der Waals surface area (Å²) >= 11 is 6.33. The first-order valence-electron chi connectivity index (χ1n) is 8.95. The summed E-state index contributed by atoms with van der Waals surface area (Å²) in [6, 6.07) is 11.9. The molecule has 0 aliphatic rings. The summed E-state index contributed by atoms with van der Waals surface area (Å²) in [5, 5.41) is 3.97. The van der Waals surface area contributed by atoms with E-state index in [1.165, 1.54) is 0 Å². The Hall–Kier alpha value is -2.50. The number of imidazole rings is 1. The van der Waals surface area contributed by atoms with Crippen LogP contribution in [0, 0.1) is 0 Å². The van der Waals surface area contributed by atoms with E-state index >= 15 is 0 Å². The lowest BCUT2D eigenvalue weighted by atomic mass is 10.2. The van der Waals surface area contributed by atoms with E-state index in [9.17, 15) is 0 Å². The largest absolute Gasteiger partial charge is 0.493 e. The Balaban J connectivity index is 1.49. The van der Waals surface area contributed by atoms with Crippen molar-refractivity contribution in [1.29, 1.82) is 0 Å². The molecule has 0 aliphatic heterocycles. The normalized spacial score (nSPS) is 10.9. The zero-order chi connectivity index (χ0) is 19.1. The number of benzene rings is 2. The highest BCUT2D eigenvalue weighted by Gasteiger charge is 2.11. The number of halogens is 1. The third-order valence-corrected chi connectivity index (χ3v) is 4.45. The monoisotopic (exact) mass is 385 g/mol. The minimum absolute atomic E-state index is 0.384. The van der Waals surface area contributed by atoms with Gasteiger partial charge in [0.2, 0.25) is 0 Å². The standard InChI is InChI=1S/C21H24ClN3O2/c1-3-11-27-21-16(22)12-15(13-19(21)26-2)14-23-10-6-9-20-24-17-7-4-5-8-18(17)25-20/h3-5,7-8,12-13,23H,1,6,9-11,14H2,2H3,(H,24,25). The number of nitrogens with one attached hydrogen (secondary N) is 2. The average Bonchev–Trinajstić information content (AvgIpc) is 3.09. The van der Waals surface area contributed by atoms with Gasteiger partial charge in [-0.2, -0.15) is 0 Å². The first-order chi connectivity index (χ1) is 13.2. The van der Waals surface area contributed by atoms with Gasteiger partial charge in [0.05, 0.1) is 23.2 Å². The number of hydrogen-bond donors (Lipinski definition) is 2. The molecule has 0 amide bonds. The number of methoxy groups -OCH3 is 1. The molecule has 0 fully saturated rings. The van der Waals surface area contributed by atoms with Crippen LogP contribution in [0.3, 0.4) is 0 Å². The van der Waals surface area contributed by atoms with Crippen LogP contribution < -0.4 is 14.8 Å². The summed E-state index contributed by atoms with van der Waals surface area (Å²) in [7, 11) is 1.61. The van der Waals surface area contributed by atoms with Gasteiger partial charge in [-0.25, -0.2) is 4.98 Å². The average molecular weight is 386 g/mol. The number of rotatable bonds is 10. The fraction of sp³-hybridized carbons (Fsp3) is 0.286. The van der Waals surface area contributed by atoms with Crippen LogP contribution in [0.15, 0.2) is 49.1 Å². The second-order valence-corrected chi connectivity index (χ2v) is 6.60. The zero-order valence-corrected chi connectivity index (χ0v) is 16.2. The predicted molar refractivity (Wildman–Crippen MR) is 110 cm³/mol. The highest BCUT2D eigenvalue weighted by molar-refractivity contribution is 6.32. The van der Waals surface area contributed by atoms with E-state index in [4.69, 9.17) is 21.1 Å². The molecule has 0 saturated heterocycles. The SMILES string of the molecule is C=CCOc1c(Cl)cc(CNCCCc2nc3ccccc3[nH]2)cc1OC. The molecule has 1 aromatic heterocycles. The van der Waals surface area contributed by atoms with Crippen molar-refractivity contribution in [3.8, 4) is 11.5 Å². The van der Waals surface area contributed by atoms with Crippen LogP contribution in [0.5, 0.6) is 11.5 Å². The third kappa shape index (κ3) is 5.02. The van der Waals surface area contributed by atoms with Crippen LogP contribution in [-0.4, -0.2) is 30.2 Å². The van der Waals surface area contributed by atoms with Gasteiger partial charge in [-0.05, 0) is 42.8 Å². The molecule has 5 nitrogen and oxygen atoms in total. The van der Waals surface area contributed by atoms with Gasteiger partial charge in [0, 0.05) is 13.0 Å². The second kappa shape index (κ2) is 9.44. The molecule has 2 N–H and O–H groups in total. The third-order valence-electron chi connectivity index (χ3n) is 4.17. The van der Waals surface area contributed by atoms with Crippen molar-refractivity contribution < 1.29 is 9.47 Å². The van der Waals surface area contributed by atoms with Gasteiger partial charge in [-0.3, -0.25) is 0 Å². The lowest BCUT2D eigenvalue weighted by Gasteiger charge is -2.13. The predicted octanol–water partition coefficient (Wildman–Crippen LogP) is 4.51. The summed E-state index contributed by atoms with van der Waals surface area (Å²) in [6.45, 7) is 5.62. The number of aryl methyl sites for hydroxylation is 1. The van der Waals surface area contributed by atoms with Crippen molar-refractivity contribution in [2.75, 3.05) is 20.3 Å². The van der Waals surface area contributed by atoms with Gasteiger partial charge in [0.25, 0.3) is 0 Å². The lowest BCUT2D eigenvalue weighted by Crippen LogP contribution is -2.15. The van der Waals surface area contributed by atoms with Gasteiger partial charge in [0.1, 0.15) is 12.4 Å². The Morgan fingerprint density at radius 1 is 1.30 bits per heavy atom. The van der Waals surface area contributed by atoms with Crippen molar-refractivity contribution in [3.05, 3.63) is 65.5 Å². The number of para-hydroxylation sites is 2. The highest BCUT2D eigenvalue weighted by Crippen LogP contribution is 2.36. The van der Waals surface area contributed by atoms with Crippen molar-refractivity contribution in [3.63, 3.8) is 0 Å². The van der Waals surface area contributed by atoms with Crippen LogP contribution >= 0.6 is 11.6 Å². The molecule has 2 aromatic carbocycles. The molecule has 3 rings (SSSR count). The molecule has 3 aromatic rings. The molecular weight excluding hydrogens is 362 g/mol. The summed E-state index contributed by atoms with van der Waals surface area (Å²) in [4.78, 5) is 7.95. The van der Waals surface area contributed by atoms with Crippen molar-refractivity contribution in [2.24, 2.45) is 0 Å². The second-order valence-electron chi connectivity index (χ2n) is 6.19. The lowest BCUT2D eigenvalue weighted by molar-refractivity contribution is 0.326. The van der Waals surface area contributed by atoms with Crippen LogP contribution in [0.25, 0.3) is 11.0 Å². The number of H-pyrrole nitrogens is 1. The molecule has 0 atom stereocenters. The van der Waals surface area contributed by atoms with E-state index in [1.807, 2.05) is 36.4 Å². The fourth-order valence-electron chi connectivity index (χ4n) is 2.90. The van der Waals surface area contributed by atoms with E-state index < -0.39 is 0 Å². The topological polar surface area (TPSA) is 59.2 Å². The molecule has 142 valence electrons. The quantitative estimate of drug-likeness (QED) is 0.398. The van der Waals surface area contributed by atoms with E-state index in [-0.39, 0.29) is 0 Å². The highest BCUT2D eigenvalue weighted by atomic mass is 35.5. The maximum Gasteiger partial charge on any atom is 0.180 e. The van der Waals surface area contributed by atoms with Gasteiger partial charge < -0.3 is 19.8 Å². The Kier molecular flexibility index (Phi) is 6.74. The van der Waals surface area contributed by atoms with Gasteiger partial charge in [-0.1, -0.05) is 36.4 Å². The first-order valence-corrected chi connectivity index (χ1v) is 9.33. The number of aromatic nitrogens is 2. The maximum absolute atomic E-state index is 6.33. The molecule has 0 saturated carbocycles. The summed E-state index contributed by atoms with van der Waals surface area (Å²) in [5.41, 5.74) is 3.15. The van der Waals surface area contributed by atoms with Crippen LogP contribution in [0.1, 0.15) is 17.8 Å². The van der Waals surface area contributed by atoms with Gasteiger partial charge >= 0.3 is 0 Å². The summed E-state index contributed by atoms with van der Waals surface area (Å²) < 4.78 is 11.0. The summed E-state index contributed by atoms with van der Waals surface area (Å²) in [5.74, 6) is 2.20. The zero-order valence-electron chi connectivity index (χ0n) is 15.4.